The maximum atomic E-state index is 13.4. The van der Waals surface area contributed by atoms with Crippen LogP contribution in [0.25, 0.3) is 0 Å². The van der Waals surface area contributed by atoms with Gasteiger partial charge in [0.05, 0.1) is 18.2 Å². The maximum Gasteiger partial charge on any atom is 0.249 e. The van der Waals surface area contributed by atoms with Crippen molar-refractivity contribution in [2.24, 2.45) is 11.8 Å². The van der Waals surface area contributed by atoms with Gasteiger partial charge in [-0.2, -0.15) is 0 Å². The lowest BCUT2D eigenvalue weighted by atomic mass is 9.94. The van der Waals surface area contributed by atoms with Crippen LogP contribution in [0.1, 0.15) is 86.2 Å². The van der Waals surface area contributed by atoms with Crippen molar-refractivity contribution < 1.29 is 33.6 Å². The molecule has 0 bridgehead atoms. The number of aromatic nitrogens is 1. The van der Waals surface area contributed by atoms with Gasteiger partial charge < -0.3 is 34.3 Å². The number of thiazole rings is 1. The molecule has 1 fully saturated rings. The molecule has 0 aliphatic carbocycles. The Kier molecular flexibility index (Phi) is 17.4. The second-order valence-corrected chi connectivity index (χ2v) is 14.0. The van der Waals surface area contributed by atoms with Crippen LogP contribution in [0.3, 0.4) is 0 Å². The Morgan fingerprint density at radius 1 is 1.12 bits per heavy atom. The van der Waals surface area contributed by atoms with Gasteiger partial charge in [0, 0.05) is 44.3 Å². The Balaban J connectivity index is 2.24. The van der Waals surface area contributed by atoms with Crippen LogP contribution in [-0.4, -0.2) is 90.9 Å². The molecular formula is C37H59N3O7S. The van der Waals surface area contributed by atoms with E-state index in [1.54, 1.807) is 47.2 Å². The fourth-order valence-corrected chi connectivity index (χ4v) is 6.20. The lowest BCUT2D eigenvalue weighted by Gasteiger charge is -2.43. The summed E-state index contributed by atoms with van der Waals surface area (Å²) in [7, 11) is 4.73. The van der Waals surface area contributed by atoms with Gasteiger partial charge in [0.25, 0.3) is 0 Å². The van der Waals surface area contributed by atoms with Crippen LogP contribution >= 0.6 is 11.3 Å². The molecule has 0 aromatic carbocycles. The highest BCUT2D eigenvalue weighted by Crippen LogP contribution is 2.30. The van der Waals surface area contributed by atoms with Gasteiger partial charge in [0.1, 0.15) is 29.4 Å². The van der Waals surface area contributed by atoms with Crippen LogP contribution in [0, 0.1) is 11.8 Å². The molecule has 11 heteroatoms. The predicted octanol–water partition coefficient (Wildman–Crippen LogP) is 6.16. The molecule has 10 nitrogen and oxygen atoms in total. The van der Waals surface area contributed by atoms with E-state index in [-0.39, 0.29) is 23.8 Å². The van der Waals surface area contributed by atoms with Crippen molar-refractivity contribution >= 4 is 23.2 Å². The first-order valence-electron chi connectivity index (χ1n) is 16.9. The van der Waals surface area contributed by atoms with Crippen LogP contribution < -0.4 is 5.32 Å². The zero-order chi connectivity index (χ0) is 36.1. The fraction of sp³-hybridized carbons (Fsp3) is 0.649. The largest absolute Gasteiger partial charge is 0.388 e. The first-order valence-corrected chi connectivity index (χ1v) is 17.8. The van der Waals surface area contributed by atoms with E-state index < -0.39 is 42.9 Å². The van der Waals surface area contributed by atoms with Gasteiger partial charge in [-0.15, -0.1) is 11.3 Å². The number of carbonyl (C=O) groups is 2. The third-order valence-corrected chi connectivity index (χ3v) is 9.76. The summed E-state index contributed by atoms with van der Waals surface area (Å²) in [6.07, 6.45) is 9.43. The number of amides is 2. The van der Waals surface area contributed by atoms with E-state index in [0.29, 0.717) is 11.5 Å². The first kappa shape index (κ1) is 41.5. The van der Waals surface area contributed by atoms with Crippen LogP contribution in [0.4, 0.5) is 0 Å². The number of nitrogens with one attached hydrogen (secondary N) is 1. The average Bonchev–Trinajstić information content (AvgIpc) is 3.60. The number of ether oxygens (including phenoxy) is 4. The summed E-state index contributed by atoms with van der Waals surface area (Å²) in [6, 6.07) is -0.882. The van der Waals surface area contributed by atoms with Crippen LogP contribution in [0.2, 0.25) is 0 Å². The lowest BCUT2D eigenvalue weighted by Crippen LogP contribution is -2.59. The third-order valence-electron chi connectivity index (χ3n) is 8.87. The van der Waals surface area contributed by atoms with Gasteiger partial charge in [0.15, 0.2) is 6.29 Å². The Morgan fingerprint density at radius 2 is 1.79 bits per heavy atom. The highest BCUT2D eigenvalue weighted by atomic mass is 32.1. The van der Waals surface area contributed by atoms with Gasteiger partial charge in [0.2, 0.25) is 11.8 Å². The molecule has 270 valence electrons. The minimum Gasteiger partial charge on any atom is -0.388 e. The molecule has 1 saturated heterocycles. The molecule has 1 aromatic rings. The number of hydrogen-bond donors (Lipinski definition) is 2. The van der Waals surface area contributed by atoms with Crippen molar-refractivity contribution in [2.45, 2.75) is 124 Å². The molecule has 1 aliphatic rings. The highest BCUT2D eigenvalue weighted by molar-refractivity contribution is 7.09. The van der Waals surface area contributed by atoms with E-state index in [2.05, 4.69) is 44.1 Å². The van der Waals surface area contributed by atoms with E-state index in [1.165, 1.54) is 23.3 Å². The third kappa shape index (κ3) is 11.7. The van der Waals surface area contributed by atoms with Crippen molar-refractivity contribution in [3.05, 3.63) is 63.7 Å². The standard InChI is InChI=1S/C37H59N3O7S/c1-13-14-23(4)15-18-30(47-37-33(45-12)32(44-11)31(41)28(9)46-37)26(7)24(5)16-17-25(6)36(43)40(10)27(8)34(42)39-29(21-22(2)3)35-38-19-20-48-35/h14-20,22,26-33,37,41H,13,21H2,1-12H3,(H,39,42)/b18-15+,23-14-,24-16+,25-17+/t26?,27-,28-,29+,30?,31-,32+,33+,37-/m0/s1. The smallest absolute Gasteiger partial charge is 0.249 e. The second-order valence-electron chi connectivity index (χ2n) is 13.1. The average molecular weight is 690 g/mol. The molecule has 2 rings (SSSR count). The van der Waals surface area contributed by atoms with E-state index in [4.69, 9.17) is 18.9 Å². The number of allylic oxidation sites excluding steroid dienone is 5. The molecule has 2 unspecified atom stereocenters. The Morgan fingerprint density at radius 3 is 2.35 bits per heavy atom. The molecule has 1 aromatic heterocycles. The van der Waals surface area contributed by atoms with Gasteiger partial charge in [-0.3, -0.25) is 9.59 Å². The number of likely N-dealkylation sites (N-methyl/N-ethyl adjacent to an activating group) is 1. The second kappa shape index (κ2) is 20.1. The zero-order valence-electron chi connectivity index (χ0n) is 30.9. The number of hydrogen-bond acceptors (Lipinski definition) is 9. The van der Waals surface area contributed by atoms with Gasteiger partial charge in [-0.1, -0.05) is 69.2 Å². The van der Waals surface area contributed by atoms with E-state index >= 15 is 0 Å². The number of aliphatic hydroxyl groups is 1. The van der Waals surface area contributed by atoms with Crippen molar-refractivity contribution in [1.29, 1.82) is 0 Å². The fourth-order valence-electron chi connectivity index (χ4n) is 5.50. The van der Waals surface area contributed by atoms with Crippen molar-refractivity contribution in [2.75, 3.05) is 21.3 Å². The molecule has 2 heterocycles. The van der Waals surface area contributed by atoms with E-state index in [0.717, 1.165) is 29.0 Å². The number of nitrogens with zero attached hydrogens (tertiary/aromatic N) is 2. The van der Waals surface area contributed by atoms with Gasteiger partial charge >= 0.3 is 0 Å². The van der Waals surface area contributed by atoms with Crippen LogP contribution in [-0.2, 0) is 28.5 Å². The van der Waals surface area contributed by atoms with E-state index in [1.807, 2.05) is 37.5 Å². The van der Waals surface area contributed by atoms with E-state index in [9.17, 15) is 14.7 Å². The molecule has 48 heavy (non-hydrogen) atoms. The topological polar surface area (TPSA) is 119 Å². The van der Waals surface area contributed by atoms with Crippen LogP contribution in [0.15, 0.2) is 58.7 Å². The summed E-state index contributed by atoms with van der Waals surface area (Å²) in [5.74, 6) is -0.223. The molecule has 0 radical (unpaired) electrons. The predicted molar refractivity (Wildman–Crippen MR) is 191 cm³/mol. The SMILES string of the molecule is CC/C=C(C)\C=C\C(O[C@@H]1O[C@@H](C)[C@H](O)[C@@H](OC)[C@H]1OC)C(C)/C(C)=C/C=C(\C)C(=O)N(C)[C@@H](C)C(=O)N[C@H](CC(C)C)c1nccs1. The van der Waals surface area contributed by atoms with Gasteiger partial charge in [-0.05, 0) is 53.4 Å². The summed E-state index contributed by atoms with van der Waals surface area (Å²) in [6.45, 7) is 17.6. The number of methoxy groups -OCH3 is 2. The molecular weight excluding hydrogens is 630 g/mol. The number of aliphatic hydroxyl groups excluding tert-OH is 1. The molecule has 2 amide bonds. The number of carbonyl (C=O) groups excluding carboxylic acids is 2. The Labute approximate surface area is 292 Å². The number of rotatable bonds is 17. The molecule has 0 spiro atoms. The highest BCUT2D eigenvalue weighted by Gasteiger charge is 2.46. The lowest BCUT2D eigenvalue weighted by molar-refractivity contribution is -0.310. The first-order chi connectivity index (χ1) is 22.7. The molecule has 9 atom stereocenters. The maximum absolute atomic E-state index is 13.4. The minimum absolute atomic E-state index is 0.120. The summed E-state index contributed by atoms with van der Waals surface area (Å²) in [5.41, 5.74) is 2.58. The normalized spacial score (nSPS) is 25.2. The Bertz CT molecular complexity index is 1280. The zero-order valence-corrected chi connectivity index (χ0v) is 31.7. The molecule has 2 N–H and O–H groups in total. The molecule has 0 saturated carbocycles. The Hall–Kier alpha value is -2.67. The van der Waals surface area contributed by atoms with Crippen molar-refractivity contribution in [3.63, 3.8) is 0 Å². The molecule has 1 aliphatic heterocycles. The van der Waals surface area contributed by atoms with Crippen LogP contribution in [0.5, 0.6) is 0 Å². The monoisotopic (exact) mass is 689 g/mol. The quantitative estimate of drug-likeness (QED) is 0.148. The summed E-state index contributed by atoms with van der Waals surface area (Å²) < 4.78 is 23.9. The van der Waals surface area contributed by atoms with Gasteiger partial charge in [-0.25, -0.2) is 4.98 Å². The van der Waals surface area contributed by atoms with Crippen molar-refractivity contribution in [1.82, 2.24) is 15.2 Å². The summed E-state index contributed by atoms with van der Waals surface area (Å²) in [4.78, 5) is 32.5. The minimum atomic E-state index is -0.861. The van der Waals surface area contributed by atoms with Crippen molar-refractivity contribution in [3.8, 4) is 0 Å². The summed E-state index contributed by atoms with van der Waals surface area (Å²) >= 11 is 1.51. The summed E-state index contributed by atoms with van der Waals surface area (Å²) in [5, 5.41) is 16.5.